The highest BCUT2D eigenvalue weighted by Crippen LogP contribution is 2.13. The van der Waals surface area contributed by atoms with Gasteiger partial charge in [0, 0.05) is 17.8 Å². The van der Waals surface area contributed by atoms with Crippen LogP contribution in [0.5, 0.6) is 0 Å². The molecule has 0 aliphatic heterocycles. The molecule has 2 N–H and O–H groups in total. The molecule has 2 aromatic rings. The molecule has 1 aromatic carbocycles. The number of nitrogens with zero attached hydrogens (tertiary/aromatic N) is 1. The van der Waals surface area contributed by atoms with Gasteiger partial charge in [0.2, 0.25) is 5.95 Å². The molecule has 1 amide bonds. The fourth-order valence-corrected chi connectivity index (χ4v) is 1.69. The molecule has 0 fully saturated rings. The fourth-order valence-electron chi connectivity index (χ4n) is 1.69. The maximum absolute atomic E-state index is 12.9. The van der Waals surface area contributed by atoms with Gasteiger partial charge in [-0.3, -0.25) is 4.79 Å². The molecule has 0 aliphatic rings. The zero-order valence-corrected chi connectivity index (χ0v) is 10.3. The van der Waals surface area contributed by atoms with Gasteiger partial charge in [-0.2, -0.15) is 4.39 Å². The van der Waals surface area contributed by atoms with E-state index in [1.165, 1.54) is 6.07 Å². The Morgan fingerprint density at radius 2 is 1.90 bits per heavy atom. The Hall–Kier alpha value is -2.76. The molecule has 0 saturated heterocycles. The van der Waals surface area contributed by atoms with E-state index in [0.29, 0.717) is 5.56 Å². The van der Waals surface area contributed by atoms with Crippen LogP contribution in [0.2, 0.25) is 0 Å². The van der Waals surface area contributed by atoms with Crippen LogP contribution in [-0.4, -0.2) is 22.0 Å². The van der Waals surface area contributed by atoms with Crippen molar-refractivity contribution in [1.82, 2.24) is 10.3 Å². The minimum atomic E-state index is -1.20. The number of hydrogen-bond acceptors (Lipinski definition) is 3. The van der Waals surface area contributed by atoms with E-state index < -0.39 is 23.9 Å². The van der Waals surface area contributed by atoms with Gasteiger partial charge in [0.05, 0.1) is 0 Å². The lowest BCUT2D eigenvalue weighted by atomic mass is 10.1. The number of aromatic nitrogens is 1. The minimum absolute atomic E-state index is 0.0136. The average Bonchev–Trinajstić information content (AvgIpc) is 2.45. The van der Waals surface area contributed by atoms with Crippen LogP contribution in [-0.2, 0) is 4.79 Å². The molecule has 102 valence electrons. The summed E-state index contributed by atoms with van der Waals surface area (Å²) in [5.74, 6) is -2.68. The van der Waals surface area contributed by atoms with Gasteiger partial charge in [0.25, 0.3) is 5.91 Å². The smallest absolute Gasteiger partial charge is 0.330 e. The Bertz CT molecular complexity index is 631. The Kier molecular flexibility index (Phi) is 4.05. The van der Waals surface area contributed by atoms with Crippen molar-refractivity contribution in [3.63, 3.8) is 0 Å². The van der Waals surface area contributed by atoms with E-state index >= 15 is 0 Å². The summed E-state index contributed by atoms with van der Waals surface area (Å²) in [6, 6.07) is 9.31. The maximum atomic E-state index is 12.9. The number of carbonyl (C=O) groups is 2. The number of aliphatic carboxylic acids is 1. The molecule has 0 aliphatic carbocycles. The molecule has 6 heteroatoms. The van der Waals surface area contributed by atoms with Crippen molar-refractivity contribution in [3.05, 3.63) is 65.7 Å². The van der Waals surface area contributed by atoms with E-state index in [2.05, 4.69) is 10.3 Å². The maximum Gasteiger partial charge on any atom is 0.330 e. The van der Waals surface area contributed by atoms with E-state index in [0.717, 1.165) is 12.3 Å². The molecule has 0 saturated carbocycles. The van der Waals surface area contributed by atoms with Crippen LogP contribution in [0.15, 0.2) is 48.7 Å². The molecule has 1 atom stereocenters. The number of amides is 1. The predicted octanol–water partition coefficient (Wildman–Crippen LogP) is 1.78. The van der Waals surface area contributed by atoms with Gasteiger partial charge in [-0.15, -0.1) is 0 Å². The highest BCUT2D eigenvalue weighted by Gasteiger charge is 2.22. The monoisotopic (exact) mass is 274 g/mol. The standard InChI is InChI=1S/C14H11FN2O3/c15-11-8-10(6-7-16-11)13(18)17-12(14(19)20)9-4-2-1-3-5-9/h1-8,12H,(H,17,18)(H,19,20)/t12-/m1/s1. The van der Waals surface area contributed by atoms with Crippen LogP contribution >= 0.6 is 0 Å². The summed E-state index contributed by atoms with van der Waals surface area (Å²) < 4.78 is 12.9. The summed E-state index contributed by atoms with van der Waals surface area (Å²) in [6.07, 6.45) is 1.14. The highest BCUT2D eigenvalue weighted by molar-refractivity contribution is 5.96. The van der Waals surface area contributed by atoms with Gasteiger partial charge in [0.15, 0.2) is 6.04 Å². The van der Waals surface area contributed by atoms with Crippen molar-refractivity contribution >= 4 is 11.9 Å². The molecule has 0 unspecified atom stereocenters. The number of carboxylic acids is 1. The molecule has 2 rings (SSSR count). The number of pyridine rings is 1. The van der Waals surface area contributed by atoms with Crippen molar-refractivity contribution in [3.8, 4) is 0 Å². The first kappa shape index (κ1) is 13.7. The summed E-state index contributed by atoms with van der Waals surface area (Å²) in [7, 11) is 0. The van der Waals surface area contributed by atoms with E-state index in [9.17, 15) is 19.1 Å². The Morgan fingerprint density at radius 3 is 2.50 bits per heavy atom. The number of rotatable bonds is 4. The average molecular weight is 274 g/mol. The number of halogens is 1. The minimum Gasteiger partial charge on any atom is -0.479 e. The van der Waals surface area contributed by atoms with Crippen LogP contribution < -0.4 is 5.32 Å². The van der Waals surface area contributed by atoms with E-state index in [1.54, 1.807) is 30.3 Å². The van der Waals surface area contributed by atoms with E-state index in [1.807, 2.05) is 0 Å². The summed E-state index contributed by atoms with van der Waals surface area (Å²) in [5, 5.41) is 11.5. The molecular formula is C14H11FN2O3. The van der Waals surface area contributed by atoms with Crippen LogP contribution in [0.4, 0.5) is 4.39 Å². The summed E-state index contributed by atoms with van der Waals surface area (Å²) in [5.41, 5.74) is 0.447. The van der Waals surface area contributed by atoms with E-state index in [-0.39, 0.29) is 5.56 Å². The Labute approximate surface area is 114 Å². The normalized spacial score (nSPS) is 11.7. The number of hydrogen-bond donors (Lipinski definition) is 2. The number of carboxylic acid groups (broad SMARTS) is 1. The molecule has 0 bridgehead atoms. The van der Waals surface area contributed by atoms with Crippen molar-refractivity contribution < 1.29 is 19.1 Å². The topological polar surface area (TPSA) is 79.3 Å². The lowest BCUT2D eigenvalue weighted by molar-refractivity contribution is -0.139. The van der Waals surface area contributed by atoms with Crippen molar-refractivity contribution in [1.29, 1.82) is 0 Å². The lowest BCUT2D eigenvalue weighted by Crippen LogP contribution is -2.33. The number of carbonyl (C=O) groups excluding carboxylic acids is 1. The second-order valence-corrected chi connectivity index (χ2v) is 4.02. The lowest BCUT2D eigenvalue weighted by Gasteiger charge is -2.14. The van der Waals surface area contributed by atoms with Crippen LogP contribution in [0.1, 0.15) is 22.0 Å². The van der Waals surface area contributed by atoms with Crippen molar-refractivity contribution in [2.45, 2.75) is 6.04 Å². The third-order valence-electron chi connectivity index (χ3n) is 2.64. The van der Waals surface area contributed by atoms with Crippen LogP contribution in [0.3, 0.4) is 0 Å². The van der Waals surface area contributed by atoms with Gasteiger partial charge in [0.1, 0.15) is 0 Å². The Balaban J connectivity index is 2.21. The van der Waals surface area contributed by atoms with Gasteiger partial charge < -0.3 is 10.4 Å². The second-order valence-electron chi connectivity index (χ2n) is 4.02. The zero-order valence-electron chi connectivity index (χ0n) is 10.3. The van der Waals surface area contributed by atoms with Crippen molar-refractivity contribution in [2.24, 2.45) is 0 Å². The van der Waals surface area contributed by atoms with E-state index in [4.69, 9.17) is 0 Å². The first-order valence-corrected chi connectivity index (χ1v) is 5.78. The SMILES string of the molecule is O=C(N[C@@H](C(=O)O)c1ccccc1)c1ccnc(F)c1. The summed E-state index contributed by atoms with van der Waals surface area (Å²) in [4.78, 5) is 26.5. The number of nitrogens with one attached hydrogen (secondary N) is 1. The van der Waals surface area contributed by atoms with Gasteiger partial charge in [-0.25, -0.2) is 9.78 Å². The van der Waals surface area contributed by atoms with Gasteiger partial charge in [-0.05, 0) is 11.6 Å². The molecular weight excluding hydrogens is 263 g/mol. The molecule has 20 heavy (non-hydrogen) atoms. The molecule has 5 nitrogen and oxygen atoms in total. The third kappa shape index (κ3) is 3.17. The largest absolute Gasteiger partial charge is 0.479 e. The summed E-state index contributed by atoms with van der Waals surface area (Å²) in [6.45, 7) is 0. The number of benzene rings is 1. The van der Waals surface area contributed by atoms with Crippen LogP contribution in [0.25, 0.3) is 0 Å². The van der Waals surface area contributed by atoms with Gasteiger partial charge in [-0.1, -0.05) is 30.3 Å². The van der Waals surface area contributed by atoms with Crippen LogP contribution in [0, 0.1) is 5.95 Å². The quantitative estimate of drug-likeness (QED) is 0.833. The molecule has 1 aromatic heterocycles. The first-order chi connectivity index (χ1) is 9.58. The predicted molar refractivity (Wildman–Crippen MR) is 68.5 cm³/mol. The third-order valence-corrected chi connectivity index (χ3v) is 2.64. The highest BCUT2D eigenvalue weighted by atomic mass is 19.1. The second kappa shape index (κ2) is 5.92. The zero-order chi connectivity index (χ0) is 14.5. The van der Waals surface area contributed by atoms with Crippen molar-refractivity contribution in [2.75, 3.05) is 0 Å². The first-order valence-electron chi connectivity index (χ1n) is 5.78. The fraction of sp³-hybridized carbons (Fsp3) is 0.0714. The summed E-state index contributed by atoms with van der Waals surface area (Å²) >= 11 is 0. The Morgan fingerprint density at radius 1 is 1.20 bits per heavy atom. The van der Waals surface area contributed by atoms with Gasteiger partial charge >= 0.3 is 5.97 Å². The molecule has 0 spiro atoms. The molecule has 1 heterocycles. The molecule has 0 radical (unpaired) electrons.